The molecule has 122 valence electrons. The molecular formula is C17H26N2O3. The number of Topliss-reactive ketones (excluding diaryl/α,β-unsaturated/α-hetero) is 1. The van der Waals surface area contributed by atoms with Crippen molar-refractivity contribution in [3.63, 3.8) is 0 Å². The van der Waals surface area contributed by atoms with E-state index in [1.807, 2.05) is 13.0 Å². The van der Waals surface area contributed by atoms with E-state index < -0.39 is 0 Å². The molecule has 2 N–H and O–H groups in total. The van der Waals surface area contributed by atoms with E-state index in [4.69, 9.17) is 10.5 Å². The highest BCUT2D eigenvalue weighted by molar-refractivity contribution is 5.84. The number of anilines is 1. The molecule has 22 heavy (non-hydrogen) atoms. The summed E-state index contributed by atoms with van der Waals surface area (Å²) in [7, 11) is 0. The zero-order valence-corrected chi connectivity index (χ0v) is 13.7. The maximum atomic E-state index is 11.6. The van der Waals surface area contributed by atoms with Crippen molar-refractivity contribution in [1.82, 2.24) is 0 Å². The Bertz CT molecular complexity index is 501. The number of aldehydes is 1. The zero-order chi connectivity index (χ0) is 16.5. The maximum absolute atomic E-state index is 11.6. The van der Waals surface area contributed by atoms with Crippen molar-refractivity contribution in [2.24, 2.45) is 5.73 Å². The summed E-state index contributed by atoms with van der Waals surface area (Å²) < 4.78 is 5.62. The lowest BCUT2D eigenvalue weighted by Crippen LogP contribution is -2.36. The van der Waals surface area contributed by atoms with Crippen LogP contribution in [0.3, 0.4) is 0 Å². The van der Waals surface area contributed by atoms with Crippen LogP contribution in [-0.2, 0) is 16.0 Å². The summed E-state index contributed by atoms with van der Waals surface area (Å²) in [6, 6.07) is 5.94. The Morgan fingerprint density at radius 2 is 2.14 bits per heavy atom. The van der Waals surface area contributed by atoms with Gasteiger partial charge in [0.05, 0.1) is 24.8 Å². The standard InChI is InChI=1S/C14H19NO2.C3H7NO/c1-3-11-5-6-14-13(9-11)15(7-8-17-14)10-12(16)4-2;1-3(4)2-5/h5-6,9H,3-4,7-8,10H2,1-2H3;2-3H,4H2,1H3. The predicted molar refractivity (Wildman–Crippen MR) is 88.5 cm³/mol. The normalized spacial score (nSPS) is 14.1. The fourth-order valence-corrected chi connectivity index (χ4v) is 2.03. The Labute approximate surface area is 132 Å². The van der Waals surface area contributed by atoms with Crippen molar-refractivity contribution >= 4 is 17.8 Å². The summed E-state index contributed by atoms with van der Waals surface area (Å²) >= 11 is 0. The van der Waals surface area contributed by atoms with Crippen LogP contribution in [0.25, 0.3) is 0 Å². The quantitative estimate of drug-likeness (QED) is 0.842. The van der Waals surface area contributed by atoms with Crippen molar-refractivity contribution in [3.05, 3.63) is 23.8 Å². The first kappa shape index (κ1) is 18.2. The Balaban J connectivity index is 0.000000422. The summed E-state index contributed by atoms with van der Waals surface area (Å²) in [6.07, 6.45) is 2.29. The van der Waals surface area contributed by atoms with E-state index >= 15 is 0 Å². The van der Waals surface area contributed by atoms with Crippen LogP contribution in [0, 0.1) is 0 Å². The second-order valence-corrected chi connectivity index (χ2v) is 5.31. The molecule has 1 aromatic rings. The van der Waals surface area contributed by atoms with Crippen molar-refractivity contribution < 1.29 is 14.3 Å². The third kappa shape index (κ3) is 5.48. The molecule has 0 aliphatic carbocycles. The van der Waals surface area contributed by atoms with E-state index in [1.54, 1.807) is 6.92 Å². The number of fused-ring (bicyclic) bond motifs is 1. The first-order chi connectivity index (χ1) is 10.5. The van der Waals surface area contributed by atoms with Crippen LogP contribution in [-0.4, -0.2) is 37.8 Å². The minimum absolute atomic E-state index is 0.278. The molecule has 1 unspecified atom stereocenters. The highest BCUT2D eigenvalue weighted by Crippen LogP contribution is 2.32. The Morgan fingerprint density at radius 1 is 1.45 bits per heavy atom. The van der Waals surface area contributed by atoms with Gasteiger partial charge in [0.2, 0.25) is 0 Å². The van der Waals surface area contributed by atoms with Crippen LogP contribution in [0.1, 0.15) is 32.8 Å². The van der Waals surface area contributed by atoms with Crippen molar-refractivity contribution in [3.8, 4) is 5.75 Å². The van der Waals surface area contributed by atoms with E-state index in [9.17, 15) is 9.59 Å². The number of nitrogens with zero attached hydrogens (tertiary/aromatic N) is 1. The number of ether oxygens (including phenoxy) is 1. The Hall–Kier alpha value is -1.88. The van der Waals surface area contributed by atoms with Gasteiger partial charge in [0.15, 0.2) is 5.78 Å². The molecular weight excluding hydrogens is 280 g/mol. The summed E-state index contributed by atoms with van der Waals surface area (Å²) in [5.41, 5.74) is 7.27. The van der Waals surface area contributed by atoms with Gasteiger partial charge in [0, 0.05) is 6.42 Å². The number of hydrogen-bond donors (Lipinski definition) is 1. The molecule has 0 radical (unpaired) electrons. The number of carbonyl (C=O) groups excluding carboxylic acids is 2. The molecule has 0 bridgehead atoms. The number of benzene rings is 1. The van der Waals surface area contributed by atoms with Gasteiger partial charge in [-0.25, -0.2) is 0 Å². The topological polar surface area (TPSA) is 72.6 Å². The summed E-state index contributed by atoms with van der Waals surface area (Å²) in [5, 5.41) is 0. The van der Waals surface area contributed by atoms with Crippen LogP contribution in [0.5, 0.6) is 5.75 Å². The predicted octanol–water partition coefficient (Wildman–Crippen LogP) is 1.96. The molecule has 0 saturated carbocycles. The minimum atomic E-state index is -0.296. The molecule has 0 amide bonds. The lowest BCUT2D eigenvalue weighted by Gasteiger charge is -2.31. The van der Waals surface area contributed by atoms with Crippen molar-refractivity contribution in [2.45, 2.75) is 39.7 Å². The molecule has 5 nitrogen and oxygen atoms in total. The fourth-order valence-electron chi connectivity index (χ4n) is 2.03. The third-order valence-electron chi connectivity index (χ3n) is 3.37. The number of hydrogen-bond acceptors (Lipinski definition) is 5. The van der Waals surface area contributed by atoms with Gasteiger partial charge in [-0.15, -0.1) is 0 Å². The van der Waals surface area contributed by atoms with E-state index in [1.165, 1.54) is 5.56 Å². The van der Waals surface area contributed by atoms with Crippen LogP contribution >= 0.6 is 0 Å². The third-order valence-corrected chi connectivity index (χ3v) is 3.37. The highest BCUT2D eigenvalue weighted by Gasteiger charge is 2.19. The first-order valence-corrected chi connectivity index (χ1v) is 7.75. The second-order valence-electron chi connectivity index (χ2n) is 5.31. The first-order valence-electron chi connectivity index (χ1n) is 7.75. The Morgan fingerprint density at radius 3 is 2.68 bits per heavy atom. The summed E-state index contributed by atoms with van der Waals surface area (Å²) in [4.78, 5) is 23.1. The average Bonchev–Trinajstić information content (AvgIpc) is 2.55. The molecule has 1 atom stereocenters. The molecule has 0 spiro atoms. The SMILES string of the molecule is CC(N)C=O.CCC(=O)CN1CCOc2ccc(CC)cc21. The average molecular weight is 306 g/mol. The summed E-state index contributed by atoms with van der Waals surface area (Å²) in [5.74, 6) is 1.18. The van der Waals surface area contributed by atoms with E-state index in [-0.39, 0.29) is 11.8 Å². The van der Waals surface area contributed by atoms with Crippen molar-refractivity contribution in [2.75, 3.05) is 24.6 Å². The number of aryl methyl sites for hydroxylation is 1. The molecule has 0 saturated heterocycles. The molecule has 1 aliphatic rings. The number of rotatable bonds is 5. The van der Waals surface area contributed by atoms with Gasteiger partial charge in [-0.3, -0.25) is 4.79 Å². The molecule has 1 aliphatic heterocycles. The van der Waals surface area contributed by atoms with Crippen LogP contribution in [0.2, 0.25) is 0 Å². The summed E-state index contributed by atoms with van der Waals surface area (Å²) in [6.45, 7) is 7.63. The van der Waals surface area contributed by atoms with Gasteiger partial charge in [0.1, 0.15) is 18.6 Å². The largest absolute Gasteiger partial charge is 0.490 e. The molecule has 0 aromatic heterocycles. The lowest BCUT2D eigenvalue weighted by atomic mass is 10.1. The van der Waals surface area contributed by atoms with Crippen LogP contribution in [0.15, 0.2) is 18.2 Å². The van der Waals surface area contributed by atoms with Gasteiger partial charge in [-0.2, -0.15) is 0 Å². The second kappa shape index (κ2) is 9.20. The van der Waals surface area contributed by atoms with Crippen molar-refractivity contribution in [1.29, 1.82) is 0 Å². The van der Waals surface area contributed by atoms with E-state index in [0.29, 0.717) is 25.9 Å². The van der Waals surface area contributed by atoms with E-state index in [2.05, 4.69) is 24.0 Å². The van der Waals surface area contributed by atoms with Gasteiger partial charge < -0.3 is 20.2 Å². The highest BCUT2D eigenvalue weighted by atomic mass is 16.5. The Kier molecular flexibility index (Phi) is 7.60. The van der Waals surface area contributed by atoms with Crippen LogP contribution < -0.4 is 15.4 Å². The number of nitrogens with two attached hydrogens (primary N) is 1. The molecule has 1 heterocycles. The smallest absolute Gasteiger partial charge is 0.151 e. The minimum Gasteiger partial charge on any atom is -0.490 e. The number of ketones is 1. The maximum Gasteiger partial charge on any atom is 0.151 e. The van der Waals surface area contributed by atoms with Gasteiger partial charge in [0.25, 0.3) is 0 Å². The lowest BCUT2D eigenvalue weighted by molar-refractivity contribution is -0.117. The number of carbonyl (C=O) groups is 2. The fraction of sp³-hybridized carbons (Fsp3) is 0.529. The molecule has 5 heteroatoms. The zero-order valence-electron chi connectivity index (χ0n) is 13.7. The van der Waals surface area contributed by atoms with Gasteiger partial charge in [-0.05, 0) is 31.0 Å². The van der Waals surface area contributed by atoms with Crippen LogP contribution in [0.4, 0.5) is 5.69 Å². The molecule has 0 fully saturated rings. The molecule has 1 aromatic carbocycles. The molecule has 2 rings (SSSR count). The monoisotopic (exact) mass is 306 g/mol. The van der Waals surface area contributed by atoms with E-state index in [0.717, 1.165) is 24.4 Å². The van der Waals surface area contributed by atoms with Gasteiger partial charge in [-0.1, -0.05) is 19.9 Å². The van der Waals surface area contributed by atoms with Gasteiger partial charge >= 0.3 is 0 Å².